The highest BCUT2D eigenvalue weighted by atomic mass is 16.5. The summed E-state index contributed by atoms with van der Waals surface area (Å²) in [6.45, 7) is 3.81. The standard InChI is InChI=1S/C20H18O4/c1-18(10-21)13-7-8-19(2)14(13)9-15-16(22)11-5-3-4-6-12(11)17(23)20(15,18)24-19/h3-6,9-10,13-14H,7-8H2,1-2H3/t13-,14-,18-,19-,20-/m0/s1. The molecule has 24 heavy (non-hydrogen) atoms. The van der Waals surface area contributed by atoms with Crippen molar-refractivity contribution in [2.75, 3.05) is 0 Å². The Hall–Kier alpha value is -2.07. The monoisotopic (exact) mass is 322 g/mol. The van der Waals surface area contributed by atoms with E-state index in [1.54, 1.807) is 31.2 Å². The maximum atomic E-state index is 13.5. The second-order valence-electron chi connectivity index (χ2n) is 7.95. The van der Waals surface area contributed by atoms with Crippen LogP contribution in [-0.4, -0.2) is 29.1 Å². The van der Waals surface area contributed by atoms with E-state index in [0.29, 0.717) is 16.7 Å². The van der Waals surface area contributed by atoms with Crippen molar-refractivity contribution in [3.05, 3.63) is 47.0 Å². The molecule has 0 amide bonds. The van der Waals surface area contributed by atoms with Crippen LogP contribution >= 0.6 is 0 Å². The van der Waals surface area contributed by atoms with Crippen LogP contribution in [0.15, 0.2) is 35.9 Å². The van der Waals surface area contributed by atoms with E-state index in [1.807, 2.05) is 13.0 Å². The molecule has 2 aliphatic heterocycles. The SMILES string of the molecule is C[C@]1(C=O)[C@H]2CC[C@]3(C)O[C@@]14C(=O)c1ccccc1C(=O)C4=C[C@@H]23. The molecule has 1 spiro atoms. The zero-order valence-corrected chi connectivity index (χ0v) is 13.7. The molecule has 1 saturated heterocycles. The molecule has 0 unspecified atom stereocenters. The average Bonchev–Trinajstić information content (AvgIpc) is 2.90. The lowest BCUT2D eigenvalue weighted by Gasteiger charge is -2.61. The van der Waals surface area contributed by atoms with Gasteiger partial charge in [0.05, 0.1) is 11.0 Å². The van der Waals surface area contributed by atoms with Gasteiger partial charge in [-0.1, -0.05) is 30.3 Å². The lowest BCUT2D eigenvalue weighted by molar-refractivity contribution is -0.219. The Morgan fingerprint density at radius 1 is 1.17 bits per heavy atom. The first kappa shape index (κ1) is 14.3. The molecular weight excluding hydrogens is 304 g/mol. The zero-order valence-electron chi connectivity index (χ0n) is 13.7. The predicted molar refractivity (Wildman–Crippen MR) is 85.8 cm³/mol. The Labute approximate surface area is 139 Å². The number of ketones is 2. The second kappa shape index (κ2) is 3.94. The average molecular weight is 322 g/mol. The molecule has 1 saturated carbocycles. The lowest BCUT2D eigenvalue weighted by Crippen LogP contribution is -2.72. The molecule has 1 aromatic carbocycles. The van der Waals surface area contributed by atoms with E-state index in [2.05, 4.69) is 0 Å². The fraction of sp³-hybridized carbons (Fsp3) is 0.450. The van der Waals surface area contributed by atoms with Gasteiger partial charge in [-0.3, -0.25) is 9.59 Å². The number of hydrogen-bond acceptors (Lipinski definition) is 4. The largest absolute Gasteiger partial charge is 0.354 e. The first-order valence-corrected chi connectivity index (χ1v) is 8.46. The number of fused-ring (bicyclic) bond motifs is 1. The molecule has 6 rings (SSSR count). The number of ether oxygens (including phenoxy) is 1. The molecule has 4 heteroatoms. The quantitative estimate of drug-likeness (QED) is 0.746. The highest BCUT2D eigenvalue weighted by Crippen LogP contribution is 2.68. The third-order valence-corrected chi connectivity index (χ3v) is 6.96. The molecule has 5 atom stereocenters. The van der Waals surface area contributed by atoms with Gasteiger partial charge in [0.1, 0.15) is 6.29 Å². The normalized spacial score (nSPS) is 44.8. The van der Waals surface area contributed by atoms with Crippen molar-refractivity contribution in [2.24, 2.45) is 17.3 Å². The van der Waals surface area contributed by atoms with Crippen molar-refractivity contribution in [3.8, 4) is 0 Å². The summed E-state index contributed by atoms with van der Waals surface area (Å²) in [6, 6.07) is 6.85. The second-order valence-corrected chi connectivity index (χ2v) is 7.95. The number of rotatable bonds is 1. The van der Waals surface area contributed by atoms with Crippen molar-refractivity contribution >= 4 is 17.9 Å². The summed E-state index contributed by atoms with van der Waals surface area (Å²) in [6.07, 6.45) is 4.45. The van der Waals surface area contributed by atoms with Gasteiger partial charge in [0.25, 0.3) is 0 Å². The highest BCUT2D eigenvalue weighted by Gasteiger charge is 2.76. The maximum Gasteiger partial charge on any atom is 0.201 e. The van der Waals surface area contributed by atoms with Crippen LogP contribution < -0.4 is 0 Å². The first-order chi connectivity index (χ1) is 11.4. The molecule has 122 valence electrons. The Morgan fingerprint density at radius 2 is 1.88 bits per heavy atom. The molecular formula is C20H18O4. The molecule has 5 aliphatic rings. The van der Waals surface area contributed by atoms with Crippen molar-refractivity contribution in [2.45, 2.75) is 37.9 Å². The third kappa shape index (κ3) is 1.21. The maximum absolute atomic E-state index is 13.5. The Balaban J connectivity index is 1.89. The van der Waals surface area contributed by atoms with Gasteiger partial charge in [0, 0.05) is 22.6 Å². The van der Waals surface area contributed by atoms with Crippen LogP contribution in [0, 0.1) is 17.3 Å². The van der Waals surface area contributed by atoms with Gasteiger partial charge >= 0.3 is 0 Å². The van der Waals surface area contributed by atoms with E-state index in [0.717, 1.165) is 19.1 Å². The number of carbonyl (C=O) groups is 3. The summed E-state index contributed by atoms with van der Waals surface area (Å²) in [5, 5.41) is 0. The van der Waals surface area contributed by atoms with E-state index in [9.17, 15) is 14.4 Å². The molecule has 0 N–H and O–H groups in total. The van der Waals surface area contributed by atoms with E-state index in [1.165, 1.54) is 0 Å². The predicted octanol–water partition coefficient (Wildman–Crippen LogP) is 2.76. The lowest BCUT2D eigenvalue weighted by atomic mass is 9.49. The topological polar surface area (TPSA) is 60.4 Å². The summed E-state index contributed by atoms with van der Waals surface area (Å²) < 4.78 is 6.43. The summed E-state index contributed by atoms with van der Waals surface area (Å²) >= 11 is 0. The molecule has 3 aliphatic carbocycles. The van der Waals surface area contributed by atoms with E-state index in [4.69, 9.17) is 4.74 Å². The minimum Gasteiger partial charge on any atom is -0.354 e. The van der Waals surface area contributed by atoms with Crippen LogP contribution in [0.4, 0.5) is 0 Å². The number of carbonyl (C=O) groups excluding carboxylic acids is 3. The summed E-state index contributed by atoms with van der Waals surface area (Å²) in [4.78, 5) is 38.8. The van der Waals surface area contributed by atoms with Crippen molar-refractivity contribution < 1.29 is 19.1 Å². The van der Waals surface area contributed by atoms with Gasteiger partial charge in [0.2, 0.25) is 5.78 Å². The minimum absolute atomic E-state index is 0.00610. The number of hydrogen-bond donors (Lipinski definition) is 0. The van der Waals surface area contributed by atoms with Crippen LogP contribution in [0.2, 0.25) is 0 Å². The molecule has 1 aromatic rings. The van der Waals surface area contributed by atoms with Crippen LogP contribution in [0.25, 0.3) is 0 Å². The fourth-order valence-corrected chi connectivity index (χ4v) is 5.69. The van der Waals surface area contributed by atoms with E-state index < -0.39 is 16.6 Å². The minimum atomic E-state index is -1.47. The Bertz CT molecular complexity index is 868. The van der Waals surface area contributed by atoms with Crippen molar-refractivity contribution in [1.82, 2.24) is 0 Å². The molecule has 4 nitrogen and oxygen atoms in total. The van der Waals surface area contributed by atoms with Crippen LogP contribution in [0.5, 0.6) is 0 Å². The van der Waals surface area contributed by atoms with Gasteiger partial charge in [-0.15, -0.1) is 0 Å². The number of benzene rings is 1. The zero-order chi connectivity index (χ0) is 16.9. The van der Waals surface area contributed by atoms with Gasteiger partial charge in [0.15, 0.2) is 11.4 Å². The smallest absolute Gasteiger partial charge is 0.201 e. The van der Waals surface area contributed by atoms with Gasteiger partial charge < -0.3 is 9.53 Å². The fourth-order valence-electron chi connectivity index (χ4n) is 5.69. The van der Waals surface area contributed by atoms with Gasteiger partial charge in [-0.25, -0.2) is 0 Å². The molecule has 0 aromatic heterocycles. The van der Waals surface area contributed by atoms with E-state index >= 15 is 0 Å². The van der Waals surface area contributed by atoms with Crippen LogP contribution in [0.1, 0.15) is 47.4 Å². The number of Topliss-reactive ketones (excluding diaryl/α,β-unsaturated/α-hetero) is 2. The summed E-state index contributed by atoms with van der Waals surface area (Å²) in [7, 11) is 0. The van der Waals surface area contributed by atoms with Gasteiger partial charge in [-0.2, -0.15) is 0 Å². The Kier molecular flexibility index (Phi) is 2.35. The Morgan fingerprint density at radius 3 is 2.58 bits per heavy atom. The van der Waals surface area contributed by atoms with Crippen LogP contribution in [0.3, 0.4) is 0 Å². The van der Waals surface area contributed by atoms with Crippen LogP contribution in [-0.2, 0) is 9.53 Å². The third-order valence-electron chi connectivity index (χ3n) is 6.96. The molecule has 0 radical (unpaired) electrons. The molecule has 2 heterocycles. The van der Waals surface area contributed by atoms with Crippen molar-refractivity contribution in [1.29, 1.82) is 0 Å². The first-order valence-electron chi connectivity index (χ1n) is 8.46. The molecule has 2 fully saturated rings. The van der Waals surface area contributed by atoms with Crippen molar-refractivity contribution in [3.63, 3.8) is 0 Å². The molecule has 4 bridgehead atoms. The van der Waals surface area contributed by atoms with Gasteiger partial charge in [-0.05, 0) is 32.6 Å². The van der Waals surface area contributed by atoms with E-state index in [-0.39, 0.29) is 23.4 Å². The number of aldehydes is 1. The highest BCUT2D eigenvalue weighted by molar-refractivity contribution is 6.28. The summed E-state index contributed by atoms with van der Waals surface area (Å²) in [5.41, 5.74) is -1.78. The summed E-state index contributed by atoms with van der Waals surface area (Å²) in [5.74, 6) is -0.369.